The van der Waals surface area contributed by atoms with Gasteiger partial charge in [0.05, 0.1) is 27.8 Å². The Labute approximate surface area is 195 Å². The third-order valence-corrected chi connectivity index (χ3v) is 7.49. The fourth-order valence-corrected chi connectivity index (χ4v) is 5.53. The van der Waals surface area contributed by atoms with E-state index in [1.807, 2.05) is 0 Å². The summed E-state index contributed by atoms with van der Waals surface area (Å²) >= 11 is 3.34. The molecular formula is C22H16BrF3N2O4S. The number of carbonyl (C=O) groups is 1. The number of anilines is 1. The number of rotatable bonds is 5. The first-order chi connectivity index (χ1) is 15.3. The molecule has 11 heteroatoms. The number of nitrogens with one attached hydrogen (secondary N) is 1. The van der Waals surface area contributed by atoms with Crippen molar-refractivity contribution in [1.82, 2.24) is 0 Å². The van der Waals surface area contributed by atoms with Gasteiger partial charge in [0.15, 0.2) is 15.4 Å². The Balaban J connectivity index is 1.90. The molecule has 0 saturated carbocycles. The van der Waals surface area contributed by atoms with Crippen molar-refractivity contribution < 1.29 is 31.5 Å². The summed E-state index contributed by atoms with van der Waals surface area (Å²) in [6.45, 7) is 0.954. The molecule has 0 heterocycles. The fourth-order valence-electron chi connectivity index (χ4n) is 3.24. The molecular weight excluding hydrogens is 525 g/mol. The van der Waals surface area contributed by atoms with Crippen molar-refractivity contribution in [2.45, 2.75) is 23.6 Å². The summed E-state index contributed by atoms with van der Waals surface area (Å²) in [5, 5.41) is 22.6. The number of fused-ring (bicyclic) bond motifs is 1. The quantitative estimate of drug-likeness (QED) is 0.489. The van der Waals surface area contributed by atoms with Gasteiger partial charge in [0.1, 0.15) is 0 Å². The maximum atomic E-state index is 13.2. The normalized spacial score (nSPS) is 13.8. The van der Waals surface area contributed by atoms with Gasteiger partial charge in [-0.2, -0.15) is 18.4 Å². The summed E-state index contributed by atoms with van der Waals surface area (Å²) in [6.07, 6.45) is -4.85. The fraction of sp³-hybridized carbons (Fsp3) is 0.182. The van der Waals surface area contributed by atoms with Gasteiger partial charge in [-0.1, -0.05) is 40.2 Å². The van der Waals surface area contributed by atoms with Crippen molar-refractivity contribution in [1.29, 1.82) is 5.26 Å². The predicted molar refractivity (Wildman–Crippen MR) is 119 cm³/mol. The Kier molecular flexibility index (Phi) is 6.57. The zero-order chi connectivity index (χ0) is 24.6. The van der Waals surface area contributed by atoms with Crippen molar-refractivity contribution in [3.8, 4) is 6.07 Å². The first-order valence-corrected chi connectivity index (χ1v) is 11.8. The lowest BCUT2D eigenvalue weighted by molar-refractivity contribution is -0.137. The van der Waals surface area contributed by atoms with Crippen molar-refractivity contribution in [2.24, 2.45) is 0 Å². The minimum Gasteiger partial charge on any atom is -0.379 e. The lowest BCUT2D eigenvalue weighted by Crippen LogP contribution is -2.45. The van der Waals surface area contributed by atoms with Crippen LogP contribution in [0.4, 0.5) is 18.9 Å². The molecule has 6 nitrogen and oxygen atoms in total. The Hall–Kier alpha value is -2.94. The molecule has 0 radical (unpaired) electrons. The molecule has 3 aromatic carbocycles. The predicted octanol–water partition coefficient (Wildman–Crippen LogP) is 4.66. The molecule has 0 fully saturated rings. The number of benzene rings is 3. The molecule has 0 aliphatic carbocycles. The first kappa shape index (κ1) is 24.7. The average Bonchev–Trinajstić information content (AvgIpc) is 2.72. The van der Waals surface area contributed by atoms with Gasteiger partial charge in [-0.15, -0.1) is 0 Å². The van der Waals surface area contributed by atoms with Gasteiger partial charge in [-0.25, -0.2) is 8.42 Å². The smallest absolute Gasteiger partial charge is 0.379 e. The molecule has 0 bridgehead atoms. The molecule has 1 unspecified atom stereocenters. The number of hydrogen-bond acceptors (Lipinski definition) is 5. The second kappa shape index (κ2) is 8.78. The number of hydrogen-bond donors (Lipinski definition) is 2. The second-order valence-corrected chi connectivity index (χ2v) is 10.3. The van der Waals surface area contributed by atoms with Crippen LogP contribution in [0.2, 0.25) is 0 Å². The first-order valence-electron chi connectivity index (χ1n) is 9.31. The highest BCUT2D eigenvalue weighted by Gasteiger charge is 2.38. The van der Waals surface area contributed by atoms with Gasteiger partial charge >= 0.3 is 6.18 Å². The Bertz CT molecular complexity index is 1400. The van der Waals surface area contributed by atoms with Crippen molar-refractivity contribution in [3.63, 3.8) is 0 Å². The molecule has 172 valence electrons. The van der Waals surface area contributed by atoms with Gasteiger partial charge < -0.3 is 10.4 Å². The highest BCUT2D eigenvalue weighted by Crippen LogP contribution is 2.34. The van der Waals surface area contributed by atoms with E-state index in [-0.39, 0.29) is 10.6 Å². The van der Waals surface area contributed by atoms with Gasteiger partial charge in [0.25, 0.3) is 5.91 Å². The number of halogens is 4. The van der Waals surface area contributed by atoms with Crippen molar-refractivity contribution in [2.75, 3.05) is 11.1 Å². The number of alkyl halides is 3. The van der Waals surface area contributed by atoms with E-state index in [0.717, 1.165) is 19.1 Å². The summed E-state index contributed by atoms with van der Waals surface area (Å²) < 4.78 is 66.2. The highest BCUT2D eigenvalue weighted by atomic mass is 79.9. The van der Waals surface area contributed by atoms with E-state index in [1.54, 1.807) is 24.3 Å². The van der Waals surface area contributed by atoms with E-state index in [1.165, 1.54) is 18.2 Å². The van der Waals surface area contributed by atoms with Crippen molar-refractivity contribution in [3.05, 3.63) is 70.2 Å². The summed E-state index contributed by atoms with van der Waals surface area (Å²) in [6, 6.07) is 13.4. The molecule has 2 N–H and O–H groups in total. The summed E-state index contributed by atoms with van der Waals surface area (Å²) in [5.41, 5.74) is -4.73. The summed E-state index contributed by atoms with van der Waals surface area (Å²) in [5.74, 6) is -2.23. The number of nitriles is 1. The number of aliphatic hydroxyl groups is 1. The SMILES string of the molecule is CC(O)(CS(=O)(=O)c1ccc(Br)c2ccccc12)C(=O)Nc1ccc(C#N)c(C(F)(F)F)c1. The van der Waals surface area contributed by atoms with Crippen LogP contribution >= 0.6 is 15.9 Å². The lowest BCUT2D eigenvalue weighted by atomic mass is 10.1. The van der Waals surface area contributed by atoms with E-state index in [0.29, 0.717) is 21.3 Å². The zero-order valence-electron chi connectivity index (χ0n) is 16.9. The van der Waals surface area contributed by atoms with E-state index >= 15 is 0 Å². The molecule has 0 aliphatic rings. The van der Waals surface area contributed by atoms with Crippen LogP contribution in [0.15, 0.2) is 64.0 Å². The number of nitrogens with zero attached hydrogens (tertiary/aromatic N) is 1. The number of carbonyl (C=O) groups excluding carboxylic acids is 1. The maximum absolute atomic E-state index is 13.2. The van der Waals surface area contributed by atoms with E-state index in [9.17, 15) is 31.5 Å². The molecule has 0 aliphatic heterocycles. The molecule has 33 heavy (non-hydrogen) atoms. The number of amides is 1. The lowest BCUT2D eigenvalue weighted by Gasteiger charge is -2.23. The Morgan fingerprint density at radius 2 is 1.76 bits per heavy atom. The topological polar surface area (TPSA) is 107 Å². The monoisotopic (exact) mass is 540 g/mol. The molecule has 1 atom stereocenters. The largest absolute Gasteiger partial charge is 0.417 e. The van der Waals surface area contributed by atoms with E-state index in [4.69, 9.17) is 5.26 Å². The third kappa shape index (κ3) is 5.19. The van der Waals surface area contributed by atoms with Crippen molar-refractivity contribution >= 4 is 48.1 Å². The standard InChI is InChI=1S/C22H16BrF3N2O4S/c1-21(30,20(29)28-14-7-6-13(11-27)17(10-14)22(24,25)26)12-33(31,32)19-9-8-18(23)15-4-2-3-5-16(15)19/h2-10,30H,12H2,1H3,(H,28,29). The molecule has 3 aromatic rings. The van der Waals surface area contributed by atoms with Crippen LogP contribution < -0.4 is 5.32 Å². The maximum Gasteiger partial charge on any atom is 0.417 e. The minimum absolute atomic E-state index is 0.105. The number of sulfone groups is 1. The molecule has 3 rings (SSSR count). The van der Waals surface area contributed by atoms with E-state index < -0.39 is 44.4 Å². The van der Waals surface area contributed by atoms with Crippen LogP contribution in [0.3, 0.4) is 0 Å². The van der Waals surface area contributed by atoms with Gasteiger partial charge in [-0.3, -0.25) is 4.79 Å². The molecule has 0 aromatic heterocycles. The van der Waals surface area contributed by atoms with Gasteiger partial charge in [0, 0.05) is 15.5 Å². The van der Waals surface area contributed by atoms with Crippen LogP contribution in [0.25, 0.3) is 10.8 Å². The molecule has 0 spiro atoms. The van der Waals surface area contributed by atoms with Crippen LogP contribution in [0, 0.1) is 11.3 Å². The average molecular weight is 541 g/mol. The highest BCUT2D eigenvalue weighted by molar-refractivity contribution is 9.10. The third-order valence-electron chi connectivity index (χ3n) is 4.83. The van der Waals surface area contributed by atoms with Crippen LogP contribution in [0.5, 0.6) is 0 Å². The Morgan fingerprint density at radius 3 is 2.36 bits per heavy atom. The zero-order valence-corrected chi connectivity index (χ0v) is 19.3. The molecule has 1 amide bonds. The summed E-state index contributed by atoms with van der Waals surface area (Å²) in [4.78, 5) is 12.5. The second-order valence-electron chi connectivity index (χ2n) is 7.45. The van der Waals surface area contributed by atoms with Gasteiger partial charge in [0.2, 0.25) is 0 Å². The van der Waals surface area contributed by atoms with E-state index in [2.05, 4.69) is 21.2 Å². The van der Waals surface area contributed by atoms with Crippen LogP contribution in [-0.4, -0.2) is 30.8 Å². The van der Waals surface area contributed by atoms with Crippen LogP contribution in [-0.2, 0) is 20.8 Å². The van der Waals surface area contributed by atoms with Crippen LogP contribution in [0.1, 0.15) is 18.1 Å². The molecule has 0 saturated heterocycles. The van der Waals surface area contributed by atoms with Gasteiger partial charge in [-0.05, 0) is 42.6 Å². The minimum atomic E-state index is -4.85. The Morgan fingerprint density at radius 1 is 1.12 bits per heavy atom. The summed E-state index contributed by atoms with van der Waals surface area (Å²) in [7, 11) is -4.20.